The minimum atomic E-state index is -0.267. The van der Waals surface area contributed by atoms with Crippen LogP contribution in [0, 0.1) is 27.7 Å². The van der Waals surface area contributed by atoms with E-state index in [1.165, 1.54) is 77.0 Å². The molecule has 14 nitrogen and oxygen atoms in total. The van der Waals surface area contributed by atoms with Crippen LogP contribution in [-0.4, -0.2) is 97.2 Å². The molecule has 0 spiro atoms. The van der Waals surface area contributed by atoms with Crippen molar-refractivity contribution in [1.29, 1.82) is 0 Å². The average Bonchev–Trinajstić information content (AvgIpc) is 1.63. The van der Waals surface area contributed by atoms with Gasteiger partial charge in [-0.25, -0.2) is 0 Å². The van der Waals surface area contributed by atoms with Gasteiger partial charge in [0.25, 0.3) is 0 Å². The zero-order valence-corrected chi connectivity index (χ0v) is 55.1. The summed E-state index contributed by atoms with van der Waals surface area (Å²) in [7, 11) is 0. The van der Waals surface area contributed by atoms with E-state index in [4.69, 9.17) is 28.4 Å². The van der Waals surface area contributed by atoms with E-state index in [1.807, 2.05) is 52.0 Å². The second-order valence-electron chi connectivity index (χ2n) is 26.3. The molecule has 496 valence electrons. The van der Waals surface area contributed by atoms with Gasteiger partial charge in [0.2, 0.25) is 0 Å². The van der Waals surface area contributed by atoms with Gasteiger partial charge < -0.3 is 48.8 Å². The molecule has 0 bridgehead atoms. The Morgan fingerprint density at radius 2 is 0.533 bits per heavy atom. The minimum absolute atomic E-state index is 0.182. The summed E-state index contributed by atoms with van der Waals surface area (Å²) in [6, 6.07) is 16.2. The molecular weight excluding hydrogens is 1140 g/mol. The Labute approximate surface area is 537 Å². The van der Waals surface area contributed by atoms with Gasteiger partial charge in [0, 0.05) is 25.7 Å². The maximum absolute atomic E-state index is 12.3. The highest BCUT2D eigenvalue weighted by atomic mass is 16.6. The first-order chi connectivity index (χ1) is 43.6. The van der Waals surface area contributed by atoms with Crippen LogP contribution in [0.2, 0.25) is 0 Å². The molecule has 90 heavy (non-hydrogen) atoms. The molecule has 0 amide bonds. The van der Waals surface area contributed by atoms with Gasteiger partial charge in [-0.1, -0.05) is 126 Å². The van der Waals surface area contributed by atoms with Crippen molar-refractivity contribution in [2.75, 3.05) is 52.9 Å². The second kappa shape index (κ2) is 38.7. The predicted molar refractivity (Wildman–Crippen MR) is 352 cm³/mol. The first kappa shape index (κ1) is 71.3. The van der Waals surface area contributed by atoms with Crippen LogP contribution >= 0.6 is 0 Å². The zero-order chi connectivity index (χ0) is 64.0. The molecule has 0 unspecified atom stereocenters. The molecule has 8 rings (SSSR count). The quantitative estimate of drug-likeness (QED) is 0.0204. The van der Waals surface area contributed by atoms with Crippen molar-refractivity contribution >= 4 is 23.9 Å². The van der Waals surface area contributed by atoms with Crippen molar-refractivity contribution in [2.45, 2.75) is 257 Å². The van der Waals surface area contributed by atoms with Crippen LogP contribution in [0.4, 0.5) is 0 Å². The van der Waals surface area contributed by atoms with Crippen molar-refractivity contribution in [1.82, 2.24) is 0 Å². The van der Waals surface area contributed by atoms with E-state index in [9.17, 15) is 39.6 Å². The van der Waals surface area contributed by atoms with Crippen LogP contribution in [-0.2, 0) is 73.3 Å². The van der Waals surface area contributed by atoms with Gasteiger partial charge in [-0.15, -0.1) is 0 Å². The lowest BCUT2D eigenvalue weighted by Gasteiger charge is -2.24. The Morgan fingerprint density at radius 1 is 0.311 bits per heavy atom. The van der Waals surface area contributed by atoms with Gasteiger partial charge in [0.15, 0.2) is 0 Å². The monoisotopic (exact) mass is 1240 g/mol. The number of ether oxygens (including phenoxy) is 6. The number of phenolic OH excluding ortho intramolecular Hbond substituents is 4. The van der Waals surface area contributed by atoms with Gasteiger partial charge in [-0.3, -0.25) is 19.2 Å². The summed E-state index contributed by atoms with van der Waals surface area (Å²) in [5.74, 6) is 2.41. The molecule has 0 saturated heterocycles. The van der Waals surface area contributed by atoms with Crippen molar-refractivity contribution in [3.8, 4) is 23.0 Å². The number of aromatic hydroxyl groups is 4. The molecule has 0 atom stereocenters. The number of benzene rings is 4. The molecule has 0 heterocycles. The molecule has 4 aromatic rings. The van der Waals surface area contributed by atoms with Crippen molar-refractivity contribution in [3.05, 3.63) is 115 Å². The van der Waals surface area contributed by atoms with E-state index in [0.717, 1.165) is 144 Å². The fourth-order valence-electron chi connectivity index (χ4n) is 14.0. The minimum Gasteiger partial charge on any atom is -0.507 e. The van der Waals surface area contributed by atoms with Crippen LogP contribution in [0.5, 0.6) is 23.0 Å². The first-order valence-electron chi connectivity index (χ1n) is 34.7. The summed E-state index contributed by atoms with van der Waals surface area (Å²) in [5.41, 5.74) is 12.0. The molecule has 4 aromatic carbocycles. The number of hydrogen-bond acceptors (Lipinski definition) is 14. The van der Waals surface area contributed by atoms with E-state index in [0.29, 0.717) is 112 Å². The van der Waals surface area contributed by atoms with Crippen LogP contribution in [0.1, 0.15) is 270 Å². The molecule has 4 aliphatic rings. The SMILES string of the molecule is Cc1cc(CCC(=O)OCCCCCCOC(=O)CCc2cc(C)c(O)c(C3CCCCC3)c2)cc(C2CCCCC2)c1O.Cc1cc(CCC(=O)OCCOCCOCCOC(=O)CCc2cc(C)c(O)c(C3CCCCC3)c2)cc(C2CCCCC2)c1O. The third kappa shape index (κ3) is 23.8. The standard InChI is InChI=1S/C38H54O8.C38H54O6/c1-27-23-29(25-33(37(27)41)31-9-5-3-6-10-31)13-15-35(39)45-21-19-43-17-18-44-20-22-46-36(40)16-14-30-24-28(2)38(42)34(26-30)32-11-7-4-8-12-32;1-27-23-29(25-33(37(27)41)31-13-7-5-8-14-31)17-19-35(39)43-21-11-3-4-12-22-44-36(40)20-18-30-24-28(2)38(42)34(26-30)32-15-9-6-10-16-32/h23-26,31-32,41-42H,3-22H2,1-2H3;23-26,31-32,41-42H,3-22H2,1-2H3. The molecule has 4 saturated carbocycles. The number of hydrogen-bond donors (Lipinski definition) is 4. The maximum atomic E-state index is 12.3. The first-order valence-corrected chi connectivity index (χ1v) is 34.7. The van der Waals surface area contributed by atoms with Gasteiger partial charge in [0.1, 0.15) is 36.2 Å². The van der Waals surface area contributed by atoms with E-state index >= 15 is 0 Å². The fourth-order valence-corrected chi connectivity index (χ4v) is 14.0. The van der Waals surface area contributed by atoms with E-state index in [-0.39, 0.29) is 63.1 Å². The van der Waals surface area contributed by atoms with Gasteiger partial charge >= 0.3 is 23.9 Å². The molecule has 14 heteroatoms. The summed E-state index contributed by atoms with van der Waals surface area (Å²) in [6.45, 7) is 10.2. The van der Waals surface area contributed by atoms with Crippen molar-refractivity contribution in [3.63, 3.8) is 0 Å². The number of esters is 4. The fraction of sp³-hybridized carbons (Fsp3) is 0.632. The molecule has 4 aliphatic carbocycles. The molecule has 4 fully saturated rings. The normalized spacial score (nSPS) is 16.0. The number of aryl methyl sites for hydroxylation is 8. The predicted octanol–water partition coefficient (Wildman–Crippen LogP) is 16.5. The summed E-state index contributed by atoms with van der Waals surface area (Å²) < 4.78 is 32.5. The van der Waals surface area contributed by atoms with E-state index in [2.05, 4.69) is 24.3 Å². The molecule has 0 aromatic heterocycles. The number of unbranched alkanes of at least 4 members (excludes halogenated alkanes) is 3. The van der Waals surface area contributed by atoms with Gasteiger partial charge in [-0.2, -0.15) is 0 Å². The number of phenols is 4. The summed E-state index contributed by atoms with van der Waals surface area (Å²) in [5, 5.41) is 42.4. The molecule has 0 aliphatic heterocycles. The maximum Gasteiger partial charge on any atom is 0.306 e. The Hall–Kier alpha value is -6.12. The Bertz CT molecular complexity index is 2680. The summed E-state index contributed by atoms with van der Waals surface area (Å²) in [6.07, 6.45) is 30.8. The summed E-state index contributed by atoms with van der Waals surface area (Å²) in [4.78, 5) is 49.1. The summed E-state index contributed by atoms with van der Waals surface area (Å²) >= 11 is 0. The number of carbonyl (C=O) groups is 4. The van der Waals surface area contributed by atoms with Gasteiger partial charge in [-0.05, 0) is 221 Å². The smallest absolute Gasteiger partial charge is 0.306 e. The zero-order valence-electron chi connectivity index (χ0n) is 55.1. The van der Waals surface area contributed by atoms with Crippen LogP contribution in [0.15, 0.2) is 48.5 Å². The van der Waals surface area contributed by atoms with Gasteiger partial charge in [0.05, 0.1) is 39.6 Å². The highest BCUT2D eigenvalue weighted by Crippen LogP contribution is 2.43. The lowest BCUT2D eigenvalue weighted by Crippen LogP contribution is -2.15. The van der Waals surface area contributed by atoms with E-state index in [1.54, 1.807) is 0 Å². The second-order valence-corrected chi connectivity index (χ2v) is 26.3. The van der Waals surface area contributed by atoms with Crippen molar-refractivity contribution in [2.24, 2.45) is 0 Å². The highest BCUT2D eigenvalue weighted by Gasteiger charge is 2.25. The molecule has 4 N–H and O–H groups in total. The topological polar surface area (TPSA) is 205 Å². The molecule has 0 radical (unpaired) electrons. The number of carbonyl (C=O) groups excluding carboxylic acids is 4. The lowest BCUT2D eigenvalue weighted by molar-refractivity contribution is -0.146. The van der Waals surface area contributed by atoms with Crippen LogP contribution in [0.25, 0.3) is 0 Å². The van der Waals surface area contributed by atoms with E-state index < -0.39 is 0 Å². The Balaban J connectivity index is 0.000000256. The highest BCUT2D eigenvalue weighted by molar-refractivity contribution is 5.71. The Kier molecular flexibility index (Phi) is 30.6. The van der Waals surface area contributed by atoms with Crippen molar-refractivity contribution < 1.29 is 68.0 Å². The lowest BCUT2D eigenvalue weighted by atomic mass is 9.82. The third-order valence-corrected chi connectivity index (χ3v) is 19.1. The average molecular weight is 1250 g/mol. The van der Waals surface area contributed by atoms with Crippen LogP contribution < -0.4 is 0 Å². The van der Waals surface area contributed by atoms with Crippen LogP contribution in [0.3, 0.4) is 0 Å². The molecular formula is C76H108O14. The number of rotatable bonds is 32. The largest absolute Gasteiger partial charge is 0.507 e. The Morgan fingerprint density at radius 3 is 0.778 bits per heavy atom. The third-order valence-electron chi connectivity index (χ3n) is 19.1.